The predicted octanol–water partition coefficient (Wildman–Crippen LogP) is 2.72. The summed E-state index contributed by atoms with van der Waals surface area (Å²) >= 11 is 2.23. The van der Waals surface area contributed by atoms with Crippen molar-refractivity contribution in [1.29, 1.82) is 0 Å². The standard InChI is InChI=1S/C14H20INO3/c1-14(2,3)19-13(18)16-12(9-17)8-10-4-6-11(15)7-5-10/h4-7,12,17H,8-9H2,1-3H3,(H,16,18)/t12-/m1/s1. The van der Waals surface area contributed by atoms with Gasteiger partial charge >= 0.3 is 6.09 Å². The molecule has 1 rings (SSSR count). The molecule has 0 heterocycles. The van der Waals surface area contributed by atoms with Crippen LogP contribution in [0.25, 0.3) is 0 Å². The largest absolute Gasteiger partial charge is 0.444 e. The number of benzene rings is 1. The van der Waals surface area contributed by atoms with Crippen molar-refractivity contribution in [2.45, 2.75) is 38.8 Å². The molecule has 5 heteroatoms. The van der Waals surface area contributed by atoms with Gasteiger partial charge in [-0.2, -0.15) is 0 Å². The van der Waals surface area contributed by atoms with Crippen LogP contribution in [0.5, 0.6) is 0 Å². The number of aliphatic hydroxyl groups excluding tert-OH is 1. The smallest absolute Gasteiger partial charge is 0.407 e. The monoisotopic (exact) mass is 377 g/mol. The highest BCUT2D eigenvalue weighted by Gasteiger charge is 2.19. The van der Waals surface area contributed by atoms with Gasteiger partial charge in [-0.15, -0.1) is 0 Å². The van der Waals surface area contributed by atoms with Crippen molar-refractivity contribution in [3.63, 3.8) is 0 Å². The van der Waals surface area contributed by atoms with Crippen LogP contribution in [0.3, 0.4) is 0 Å². The van der Waals surface area contributed by atoms with Gasteiger partial charge in [0.15, 0.2) is 0 Å². The van der Waals surface area contributed by atoms with E-state index in [1.54, 1.807) is 20.8 Å². The molecule has 0 aliphatic heterocycles. The van der Waals surface area contributed by atoms with Gasteiger partial charge in [-0.1, -0.05) is 12.1 Å². The number of carbonyl (C=O) groups excluding carboxylic acids is 1. The molecule has 0 saturated carbocycles. The van der Waals surface area contributed by atoms with Crippen LogP contribution in [0.15, 0.2) is 24.3 Å². The average molecular weight is 377 g/mol. The molecule has 2 N–H and O–H groups in total. The fraction of sp³-hybridized carbons (Fsp3) is 0.500. The lowest BCUT2D eigenvalue weighted by Crippen LogP contribution is -2.42. The van der Waals surface area contributed by atoms with E-state index in [2.05, 4.69) is 27.9 Å². The number of hydrogen-bond donors (Lipinski definition) is 2. The first kappa shape index (κ1) is 16.2. The summed E-state index contributed by atoms with van der Waals surface area (Å²) < 4.78 is 6.32. The fourth-order valence-corrected chi connectivity index (χ4v) is 1.90. The summed E-state index contributed by atoms with van der Waals surface area (Å²) in [5, 5.41) is 12.0. The van der Waals surface area contributed by atoms with Crippen molar-refractivity contribution >= 4 is 28.7 Å². The Balaban J connectivity index is 2.54. The summed E-state index contributed by atoms with van der Waals surface area (Å²) in [5.41, 5.74) is 0.531. The van der Waals surface area contributed by atoms with Crippen molar-refractivity contribution in [2.75, 3.05) is 6.61 Å². The van der Waals surface area contributed by atoms with Gasteiger partial charge in [0.05, 0.1) is 12.6 Å². The van der Waals surface area contributed by atoms with Crippen LogP contribution in [0.2, 0.25) is 0 Å². The van der Waals surface area contributed by atoms with Gasteiger partial charge in [-0.3, -0.25) is 0 Å². The van der Waals surface area contributed by atoms with Gasteiger partial charge < -0.3 is 15.2 Å². The second-order valence-corrected chi connectivity index (χ2v) is 6.60. The zero-order valence-corrected chi connectivity index (χ0v) is 13.6. The molecule has 0 aromatic heterocycles. The van der Waals surface area contributed by atoms with E-state index in [1.807, 2.05) is 24.3 Å². The van der Waals surface area contributed by atoms with Crippen LogP contribution in [0, 0.1) is 3.57 Å². The molecule has 0 radical (unpaired) electrons. The number of amides is 1. The van der Waals surface area contributed by atoms with E-state index in [9.17, 15) is 9.90 Å². The number of carbonyl (C=O) groups is 1. The van der Waals surface area contributed by atoms with E-state index in [0.717, 1.165) is 9.13 Å². The minimum atomic E-state index is -0.535. The number of ether oxygens (including phenoxy) is 1. The molecular weight excluding hydrogens is 357 g/mol. The molecule has 0 saturated heterocycles. The third-order valence-electron chi connectivity index (χ3n) is 2.34. The van der Waals surface area contributed by atoms with E-state index in [1.165, 1.54) is 0 Å². The zero-order valence-electron chi connectivity index (χ0n) is 11.4. The van der Waals surface area contributed by atoms with Gasteiger partial charge in [0.25, 0.3) is 0 Å². The minimum absolute atomic E-state index is 0.120. The molecule has 0 spiro atoms. The van der Waals surface area contributed by atoms with Crippen LogP contribution in [0.1, 0.15) is 26.3 Å². The summed E-state index contributed by atoms with van der Waals surface area (Å²) in [6, 6.07) is 7.63. The van der Waals surface area contributed by atoms with Gasteiger partial charge in [-0.25, -0.2) is 4.79 Å². The van der Waals surface area contributed by atoms with Gasteiger partial charge in [0.1, 0.15) is 5.60 Å². The van der Waals surface area contributed by atoms with Crippen LogP contribution in [0.4, 0.5) is 4.79 Å². The summed E-state index contributed by atoms with van der Waals surface area (Å²) in [6.45, 7) is 5.30. The topological polar surface area (TPSA) is 58.6 Å². The van der Waals surface area contributed by atoms with E-state index in [-0.39, 0.29) is 12.6 Å². The molecule has 0 aliphatic rings. The Kier molecular flexibility index (Phi) is 6.06. The molecular formula is C14H20INO3. The third-order valence-corrected chi connectivity index (χ3v) is 3.06. The van der Waals surface area contributed by atoms with Crippen molar-refractivity contribution < 1.29 is 14.6 Å². The lowest BCUT2D eigenvalue weighted by Gasteiger charge is -2.22. The summed E-state index contributed by atoms with van der Waals surface area (Å²) in [7, 11) is 0. The van der Waals surface area contributed by atoms with Crippen LogP contribution < -0.4 is 5.32 Å². The van der Waals surface area contributed by atoms with Gasteiger partial charge in [-0.05, 0) is 67.5 Å². The highest BCUT2D eigenvalue weighted by atomic mass is 127. The molecule has 0 aliphatic carbocycles. The molecule has 0 bridgehead atoms. The van der Waals surface area contributed by atoms with Crippen LogP contribution in [-0.2, 0) is 11.2 Å². The maximum absolute atomic E-state index is 11.6. The lowest BCUT2D eigenvalue weighted by atomic mass is 10.1. The Morgan fingerprint density at radius 2 is 1.95 bits per heavy atom. The Hall–Kier alpha value is -0.820. The Morgan fingerprint density at radius 1 is 1.37 bits per heavy atom. The normalized spacial score (nSPS) is 12.9. The van der Waals surface area contributed by atoms with Gasteiger partial charge in [0.2, 0.25) is 0 Å². The molecule has 0 unspecified atom stereocenters. The highest BCUT2D eigenvalue weighted by Crippen LogP contribution is 2.10. The van der Waals surface area contributed by atoms with E-state index >= 15 is 0 Å². The van der Waals surface area contributed by atoms with Crippen LogP contribution >= 0.6 is 22.6 Å². The molecule has 1 aromatic carbocycles. The number of halogens is 1. The molecule has 19 heavy (non-hydrogen) atoms. The predicted molar refractivity (Wildman–Crippen MR) is 83.1 cm³/mol. The molecule has 4 nitrogen and oxygen atoms in total. The van der Waals surface area contributed by atoms with Crippen molar-refractivity contribution in [2.24, 2.45) is 0 Å². The summed E-state index contributed by atoms with van der Waals surface area (Å²) in [5.74, 6) is 0. The maximum Gasteiger partial charge on any atom is 0.407 e. The Bertz CT molecular complexity index is 412. The van der Waals surface area contributed by atoms with E-state index in [0.29, 0.717) is 6.42 Å². The Morgan fingerprint density at radius 3 is 2.42 bits per heavy atom. The summed E-state index contributed by atoms with van der Waals surface area (Å²) in [6.07, 6.45) is 0.0733. The number of aliphatic hydroxyl groups is 1. The highest BCUT2D eigenvalue weighted by molar-refractivity contribution is 14.1. The number of hydrogen-bond acceptors (Lipinski definition) is 3. The van der Waals surface area contributed by atoms with Crippen molar-refractivity contribution in [3.8, 4) is 0 Å². The Labute approximate surface area is 127 Å². The van der Waals surface area contributed by atoms with Crippen LogP contribution in [-0.4, -0.2) is 29.4 Å². The quantitative estimate of drug-likeness (QED) is 0.794. The van der Waals surface area contributed by atoms with E-state index < -0.39 is 11.7 Å². The molecule has 1 amide bonds. The second kappa shape index (κ2) is 7.09. The van der Waals surface area contributed by atoms with Crippen molar-refractivity contribution in [3.05, 3.63) is 33.4 Å². The molecule has 0 fully saturated rings. The first-order chi connectivity index (χ1) is 8.80. The van der Waals surface area contributed by atoms with Gasteiger partial charge in [0, 0.05) is 3.57 Å². The number of rotatable bonds is 4. The molecule has 106 valence electrons. The third kappa shape index (κ3) is 6.77. The summed E-state index contributed by atoms with van der Waals surface area (Å²) in [4.78, 5) is 11.6. The average Bonchev–Trinajstić information content (AvgIpc) is 2.28. The first-order valence-electron chi connectivity index (χ1n) is 6.15. The molecule has 1 atom stereocenters. The van der Waals surface area contributed by atoms with E-state index in [4.69, 9.17) is 4.74 Å². The first-order valence-corrected chi connectivity index (χ1v) is 7.23. The lowest BCUT2D eigenvalue weighted by molar-refractivity contribution is 0.0483. The number of alkyl carbamates (subject to hydrolysis) is 1. The number of nitrogens with one attached hydrogen (secondary N) is 1. The second-order valence-electron chi connectivity index (χ2n) is 5.36. The fourth-order valence-electron chi connectivity index (χ4n) is 1.54. The molecule has 1 aromatic rings. The minimum Gasteiger partial charge on any atom is -0.444 e. The van der Waals surface area contributed by atoms with Crippen molar-refractivity contribution in [1.82, 2.24) is 5.32 Å². The SMILES string of the molecule is CC(C)(C)OC(=O)N[C@@H](CO)Cc1ccc(I)cc1. The maximum atomic E-state index is 11.6. The zero-order chi connectivity index (χ0) is 14.5.